The molecule has 2 unspecified atom stereocenters. The quantitative estimate of drug-likeness (QED) is 0.737. The van der Waals surface area contributed by atoms with Gasteiger partial charge >= 0.3 is 0 Å². The summed E-state index contributed by atoms with van der Waals surface area (Å²) in [7, 11) is 0. The molecule has 0 aromatic carbocycles. The SMILES string of the molecule is CCN1CCC(C(CN)CNC2CCCC2)C1. The molecule has 2 rings (SSSR count). The second-order valence-electron chi connectivity index (χ2n) is 5.83. The number of rotatable bonds is 6. The van der Waals surface area contributed by atoms with Crippen LogP contribution in [0.1, 0.15) is 39.0 Å². The Morgan fingerprint density at radius 3 is 2.65 bits per heavy atom. The standard InChI is InChI=1S/C14H29N3/c1-2-17-8-7-12(11-17)13(9-15)10-16-14-5-3-4-6-14/h12-14,16H,2-11,15H2,1H3. The molecule has 3 heteroatoms. The van der Waals surface area contributed by atoms with Crippen LogP contribution in [0.4, 0.5) is 0 Å². The first-order valence-corrected chi connectivity index (χ1v) is 7.49. The lowest BCUT2D eigenvalue weighted by molar-refractivity contribution is 0.286. The van der Waals surface area contributed by atoms with Gasteiger partial charge in [-0.25, -0.2) is 0 Å². The Morgan fingerprint density at radius 1 is 1.29 bits per heavy atom. The highest BCUT2D eigenvalue weighted by Crippen LogP contribution is 2.24. The van der Waals surface area contributed by atoms with Gasteiger partial charge in [0.15, 0.2) is 0 Å². The van der Waals surface area contributed by atoms with E-state index in [0.29, 0.717) is 5.92 Å². The van der Waals surface area contributed by atoms with Gasteiger partial charge in [-0.2, -0.15) is 0 Å². The van der Waals surface area contributed by atoms with Crippen LogP contribution in [0.2, 0.25) is 0 Å². The molecule has 0 aromatic rings. The molecule has 1 saturated carbocycles. The van der Waals surface area contributed by atoms with Crippen LogP contribution in [0.25, 0.3) is 0 Å². The zero-order valence-electron chi connectivity index (χ0n) is 11.3. The molecule has 1 aliphatic heterocycles. The zero-order chi connectivity index (χ0) is 12.1. The smallest absolute Gasteiger partial charge is 0.00671 e. The molecule has 17 heavy (non-hydrogen) atoms. The summed E-state index contributed by atoms with van der Waals surface area (Å²) in [4.78, 5) is 2.56. The maximum atomic E-state index is 5.97. The molecule has 0 amide bonds. The van der Waals surface area contributed by atoms with Crippen LogP contribution in [0.5, 0.6) is 0 Å². The topological polar surface area (TPSA) is 41.3 Å². The molecule has 0 aromatic heterocycles. The van der Waals surface area contributed by atoms with Gasteiger partial charge in [-0.3, -0.25) is 0 Å². The van der Waals surface area contributed by atoms with Crippen molar-refractivity contribution in [1.82, 2.24) is 10.2 Å². The first-order valence-electron chi connectivity index (χ1n) is 7.49. The minimum Gasteiger partial charge on any atom is -0.330 e. The summed E-state index contributed by atoms with van der Waals surface area (Å²) < 4.78 is 0. The molecule has 1 saturated heterocycles. The van der Waals surface area contributed by atoms with Gasteiger partial charge in [0.1, 0.15) is 0 Å². The summed E-state index contributed by atoms with van der Waals surface area (Å²) in [5.41, 5.74) is 5.97. The van der Waals surface area contributed by atoms with Crippen LogP contribution in [-0.4, -0.2) is 43.7 Å². The van der Waals surface area contributed by atoms with E-state index in [9.17, 15) is 0 Å². The molecule has 0 bridgehead atoms. The lowest BCUT2D eigenvalue weighted by Gasteiger charge is -2.24. The molecule has 3 nitrogen and oxygen atoms in total. The van der Waals surface area contributed by atoms with E-state index >= 15 is 0 Å². The highest BCUT2D eigenvalue weighted by molar-refractivity contribution is 4.84. The van der Waals surface area contributed by atoms with Crippen molar-refractivity contribution in [2.45, 2.75) is 45.1 Å². The zero-order valence-corrected chi connectivity index (χ0v) is 11.3. The van der Waals surface area contributed by atoms with Crippen molar-refractivity contribution in [1.29, 1.82) is 0 Å². The Hall–Kier alpha value is -0.120. The largest absolute Gasteiger partial charge is 0.330 e. The van der Waals surface area contributed by atoms with Crippen LogP contribution in [0.15, 0.2) is 0 Å². The number of likely N-dealkylation sites (tertiary alicyclic amines) is 1. The molecule has 2 aliphatic rings. The molecular formula is C14H29N3. The van der Waals surface area contributed by atoms with E-state index in [1.807, 2.05) is 0 Å². The monoisotopic (exact) mass is 239 g/mol. The first-order chi connectivity index (χ1) is 8.33. The molecule has 1 heterocycles. The van der Waals surface area contributed by atoms with Gasteiger partial charge in [-0.1, -0.05) is 19.8 Å². The number of nitrogens with two attached hydrogens (primary N) is 1. The van der Waals surface area contributed by atoms with Crippen LogP contribution < -0.4 is 11.1 Å². The van der Waals surface area contributed by atoms with Gasteiger partial charge < -0.3 is 16.0 Å². The molecular weight excluding hydrogens is 210 g/mol. The second-order valence-corrected chi connectivity index (χ2v) is 5.83. The van der Waals surface area contributed by atoms with E-state index < -0.39 is 0 Å². The third-order valence-electron chi connectivity index (χ3n) is 4.75. The summed E-state index contributed by atoms with van der Waals surface area (Å²) in [5.74, 6) is 1.51. The van der Waals surface area contributed by atoms with Gasteiger partial charge in [-0.05, 0) is 57.3 Å². The lowest BCUT2D eigenvalue weighted by atomic mass is 9.91. The Kier molecular flexibility index (Phi) is 5.26. The predicted octanol–water partition coefficient (Wildman–Crippen LogP) is 1.44. The van der Waals surface area contributed by atoms with Crippen molar-refractivity contribution in [3.05, 3.63) is 0 Å². The summed E-state index contributed by atoms with van der Waals surface area (Å²) in [5, 5.41) is 3.74. The average molecular weight is 239 g/mol. The third-order valence-corrected chi connectivity index (χ3v) is 4.75. The normalized spacial score (nSPS) is 28.9. The number of hydrogen-bond donors (Lipinski definition) is 2. The summed E-state index contributed by atoms with van der Waals surface area (Å²) in [6.07, 6.45) is 6.93. The average Bonchev–Trinajstić information content (AvgIpc) is 3.00. The van der Waals surface area contributed by atoms with Crippen molar-refractivity contribution in [3.8, 4) is 0 Å². The fourth-order valence-corrected chi connectivity index (χ4v) is 3.43. The molecule has 1 aliphatic carbocycles. The minimum absolute atomic E-state index is 0.687. The molecule has 2 atom stereocenters. The van der Waals surface area contributed by atoms with Crippen LogP contribution in [0.3, 0.4) is 0 Å². The Labute approximate surface area is 106 Å². The van der Waals surface area contributed by atoms with Gasteiger partial charge in [-0.15, -0.1) is 0 Å². The van der Waals surface area contributed by atoms with Crippen molar-refractivity contribution >= 4 is 0 Å². The number of nitrogens with zero attached hydrogens (tertiary/aromatic N) is 1. The fraction of sp³-hybridized carbons (Fsp3) is 1.00. The second kappa shape index (κ2) is 6.72. The van der Waals surface area contributed by atoms with Gasteiger partial charge in [0.05, 0.1) is 0 Å². The maximum Gasteiger partial charge on any atom is 0.00671 e. The van der Waals surface area contributed by atoms with Crippen molar-refractivity contribution in [2.75, 3.05) is 32.7 Å². The number of hydrogen-bond acceptors (Lipinski definition) is 3. The van der Waals surface area contributed by atoms with Crippen molar-refractivity contribution < 1.29 is 0 Å². The van der Waals surface area contributed by atoms with Crippen LogP contribution in [-0.2, 0) is 0 Å². The lowest BCUT2D eigenvalue weighted by Crippen LogP contribution is -2.38. The van der Waals surface area contributed by atoms with Gasteiger partial charge in [0.2, 0.25) is 0 Å². The highest BCUT2D eigenvalue weighted by Gasteiger charge is 2.28. The maximum absolute atomic E-state index is 5.97. The van der Waals surface area contributed by atoms with E-state index in [1.54, 1.807) is 0 Å². The van der Waals surface area contributed by atoms with Crippen molar-refractivity contribution in [2.24, 2.45) is 17.6 Å². The van der Waals surface area contributed by atoms with E-state index in [0.717, 1.165) is 25.0 Å². The van der Waals surface area contributed by atoms with Gasteiger partial charge in [0.25, 0.3) is 0 Å². The Morgan fingerprint density at radius 2 is 2.06 bits per heavy atom. The van der Waals surface area contributed by atoms with Gasteiger partial charge in [0, 0.05) is 12.6 Å². The summed E-state index contributed by atoms with van der Waals surface area (Å²) in [6.45, 7) is 8.00. The summed E-state index contributed by atoms with van der Waals surface area (Å²) in [6, 6.07) is 0.785. The Balaban J connectivity index is 1.72. The molecule has 0 radical (unpaired) electrons. The fourth-order valence-electron chi connectivity index (χ4n) is 3.43. The number of nitrogens with one attached hydrogen (secondary N) is 1. The Bertz CT molecular complexity index is 214. The van der Waals surface area contributed by atoms with Crippen LogP contribution in [0, 0.1) is 11.8 Å². The van der Waals surface area contributed by atoms with Crippen LogP contribution >= 0.6 is 0 Å². The molecule has 100 valence electrons. The minimum atomic E-state index is 0.687. The molecule has 0 spiro atoms. The van der Waals surface area contributed by atoms with E-state index in [2.05, 4.69) is 17.1 Å². The van der Waals surface area contributed by atoms with E-state index in [-0.39, 0.29) is 0 Å². The molecule has 2 fully saturated rings. The van der Waals surface area contributed by atoms with Crippen molar-refractivity contribution in [3.63, 3.8) is 0 Å². The predicted molar refractivity (Wildman–Crippen MR) is 73.0 cm³/mol. The first kappa shape index (κ1) is 13.3. The van der Waals surface area contributed by atoms with E-state index in [4.69, 9.17) is 5.73 Å². The summed E-state index contributed by atoms with van der Waals surface area (Å²) >= 11 is 0. The highest BCUT2D eigenvalue weighted by atomic mass is 15.1. The molecule has 3 N–H and O–H groups in total. The van der Waals surface area contributed by atoms with E-state index in [1.165, 1.54) is 51.7 Å². The third kappa shape index (κ3) is 3.67.